The van der Waals surface area contributed by atoms with E-state index in [1.807, 2.05) is 12.1 Å². The minimum Gasteiger partial charge on any atom is -0.462 e. The molecule has 2 atom stereocenters. The molecule has 4 bridgehead atoms. The van der Waals surface area contributed by atoms with E-state index < -0.39 is 0 Å². The second-order valence-electron chi connectivity index (χ2n) is 7.40. The fourth-order valence-corrected chi connectivity index (χ4v) is 5.67. The molecular weight excluding hydrogens is 324 g/mol. The van der Waals surface area contributed by atoms with Gasteiger partial charge in [-0.3, -0.25) is 5.32 Å². The highest BCUT2D eigenvalue weighted by molar-refractivity contribution is 7.18. The van der Waals surface area contributed by atoms with Gasteiger partial charge < -0.3 is 9.32 Å². The molecule has 0 spiro atoms. The van der Waals surface area contributed by atoms with Gasteiger partial charge in [0, 0.05) is 12.6 Å². The Morgan fingerprint density at radius 2 is 1.96 bits per heavy atom. The van der Waals surface area contributed by atoms with Crippen LogP contribution in [0.3, 0.4) is 0 Å². The van der Waals surface area contributed by atoms with Gasteiger partial charge in [0.15, 0.2) is 10.8 Å². The molecule has 4 heterocycles. The standard InChI is InChI=1S/C17H20N4O2S/c22-17(18-16-20-19-15(24-16)14-2-1-3-23-14)21-9-12-5-10-4-11(6-12)8-13(21)7-10/h1-3,10-13H,4-9H2,(H,18,20,22). The molecular formula is C17H20N4O2S. The van der Waals surface area contributed by atoms with Crippen LogP contribution in [0.1, 0.15) is 32.1 Å². The van der Waals surface area contributed by atoms with Gasteiger partial charge in [-0.25, -0.2) is 4.79 Å². The number of furan rings is 1. The van der Waals surface area contributed by atoms with Crippen molar-refractivity contribution in [2.75, 3.05) is 11.9 Å². The molecule has 1 N–H and O–H groups in total. The fourth-order valence-electron chi connectivity index (χ4n) is 4.97. The van der Waals surface area contributed by atoms with Crippen LogP contribution in [0.4, 0.5) is 9.93 Å². The van der Waals surface area contributed by atoms with E-state index in [1.54, 1.807) is 6.26 Å². The molecule has 2 saturated carbocycles. The number of anilines is 1. The van der Waals surface area contributed by atoms with E-state index in [1.165, 1.54) is 43.4 Å². The first kappa shape index (κ1) is 14.5. The Bertz CT molecular complexity index is 730. The molecule has 2 aliphatic carbocycles. The zero-order valence-electron chi connectivity index (χ0n) is 13.4. The number of fused-ring (bicyclic) bond motifs is 1. The summed E-state index contributed by atoms with van der Waals surface area (Å²) in [5.41, 5.74) is 0. The van der Waals surface area contributed by atoms with Crippen molar-refractivity contribution in [3.8, 4) is 10.8 Å². The molecule has 6 nitrogen and oxygen atoms in total. The van der Waals surface area contributed by atoms with Crippen LogP contribution < -0.4 is 5.32 Å². The highest BCUT2D eigenvalue weighted by Gasteiger charge is 2.44. The maximum absolute atomic E-state index is 12.8. The fraction of sp³-hybridized carbons (Fsp3) is 0.588. The van der Waals surface area contributed by atoms with Crippen molar-refractivity contribution >= 4 is 22.5 Å². The Kier molecular flexibility index (Phi) is 3.36. The Morgan fingerprint density at radius 1 is 1.17 bits per heavy atom. The third kappa shape index (κ3) is 2.51. The van der Waals surface area contributed by atoms with Crippen LogP contribution >= 0.6 is 11.3 Å². The Labute approximate surface area is 144 Å². The second kappa shape index (κ2) is 5.58. The molecule has 2 unspecified atom stereocenters. The van der Waals surface area contributed by atoms with E-state index in [0.29, 0.717) is 27.9 Å². The lowest BCUT2D eigenvalue weighted by Gasteiger charge is -2.38. The molecule has 6 rings (SSSR count). The number of aromatic nitrogens is 2. The maximum atomic E-state index is 12.8. The molecule has 24 heavy (non-hydrogen) atoms. The van der Waals surface area contributed by atoms with Gasteiger partial charge in [0.05, 0.1) is 6.26 Å². The van der Waals surface area contributed by atoms with Crippen molar-refractivity contribution < 1.29 is 9.21 Å². The molecule has 4 fully saturated rings. The number of nitrogens with zero attached hydrogens (tertiary/aromatic N) is 3. The summed E-state index contributed by atoms with van der Waals surface area (Å²) in [5.74, 6) is 3.02. The van der Waals surface area contributed by atoms with Gasteiger partial charge in [-0.1, -0.05) is 11.3 Å². The number of amides is 2. The Balaban J connectivity index is 1.32. The molecule has 2 aromatic heterocycles. The van der Waals surface area contributed by atoms with Crippen molar-refractivity contribution in [3.05, 3.63) is 18.4 Å². The van der Waals surface area contributed by atoms with E-state index in [-0.39, 0.29) is 6.03 Å². The van der Waals surface area contributed by atoms with Gasteiger partial charge in [-0.05, 0) is 62.0 Å². The zero-order valence-corrected chi connectivity index (χ0v) is 14.2. The smallest absolute Gasteiger partial charge is 0.323 e. The average molecular weight is 344 g/mol. The molecule has 2 aromatic rings. The van der Waals surface area contributed by atoms with Crippen LogP contribution in [-0.2, 0) is 0 Å². The number of rotatable bonds is 2. The van der Waals surface area contributed by atoms with Gasteiger partial charge in [0.2, 0.25) is 5.13 Å². The van der Waals surface area contributed by atoms with Crippen molar-refractivity contribution in [1.82, 2.24) is 15.1 Å². The summed E-state index contributed by atoms with van der Waals surface area (Å²) in [6, 6.07) is 4.04. The number of urea groups is 1. The van der Waals surface area contributed by atoms with Crippen LogP contribution in [0.5, 0.6) is 0 Å². The summed E-state index contributed by atoms with van der Waals surface area (Å²) in [5, 5.41) is 12.4. The highest BCUT2D eigenvalue weighted by Crippen LogP contribution is 2.47. The number of carbonyl (C=O) groups is 1. The molecule has 7 heteroatoms. The Morgan fingerprint density at radius 3 is 2.71 bits per heavy atom. The minimum absolute atomic E-state index is 0.0182. The van der Waals surface area contributed by atoms with Crippen molar-refractivity contribution in [3.63, 3.8) is 0 Å². The van der Waals surface area contributed by atoms with Gasteiger partial charge in [0.1, 0.15) is 0 Å². The highest BCUT2D eigenvalue weighted by atomic mass is 32.1. The first-order valence-corrected chi connectivity index (χ1v) is 9.51. The first-order valence-electron chi connectivity index (χ1n) is 8.69. The number of hydrogen-bond donors (Lipinski definition) is 1. The Hall–Kier alpha value is -1.89. The summed E-state index contributed by atoms with van der Waals surface area (Å²) in [6.45, 7) is 0.896. The van der Waals surface area contributed by atoms with E-state index in [4.69, 9.17) is 4.42 Å². The van der Waals surface area contributed by atoms with E-state index in [9.17, 15) is 4.79 Å². The molecule has 2 aliphatic heterocycles. The van der Waals surface area contributed by atoms with Crippen LogP contribution in [0, 0.1) is 17.8 Å². The molecule has 2 saturated heterocycles. The topological polar surface area (TPSA) is 71.3 Å². The first-order chi connectivity index (χ1) is 11.7. The van der Waals surface area contributed by atoms with E-state index in [0.717, 1.165) is 18.4 Å². The second-order valence-corrected chi connectivity index (χ2v) is 8.38. The number of hydrogen-bond acceptors (Lipinski definition) is 5. The molecule has 4 aliphatic rings. The molecule has 0 radical (unpaired) electrons. The monoisotopic (exact) mass is 344 g/mol. The summed E-state index contributed by atoms with van der Waals surface area (Å²) in [7, 11) is 0. The summed E-state index contributed by atoms with van der Waals surface area (Å²) >= 11 is 1.35. The molecule has 126 valence electrons. The number of carbonyl (C=O) groups excluding carboxylic acids is 1. The summed E-state index contributed by atoms with van der Waals surface area (Å²) in [6.07, 6.45) is 7.95. The third-order valence-electron chi connectivity index (χ3n) is 5.74. The SMILES string of the molecule is O=C(Nc1nnc(-c2ccco2)s1)N1CC2CC3CC(C2)CC1C3. The van der Waals surface area contributed by atoms with Gasteiger partial charge in [-0.2, -0.15) is 0 Å². The molecule has 2 amide bonds. The normalized spacial score (nSPS) is 31.2. The summed E-state index contributed by atoms with van der Waals surface area (Å²) < 4.78 is 5.33. The van der Waals surface area contributed by atoms with E-state index >= 15 is 0 Å². The lowest BCUT2D eigenvalue weighted by Crippen LogP contribution is -2.44. The quantitative estimate of drug-likeness (QED) is 0.898. The van der Waals surface area contributed by atoms with Gasteiger partial charge in [-0.15, -0.1) is 10.2 Å². The minimum atomic E-state index is -0.0182. The van der Waals surface area contributed by atoms with Crippen molar-refractivity contribution in [1.29, 1.82) is 0 Å². The third-order valence-corrected chi connectivity index (χ3v) is 6.59. The maximum Gasteiger partial charge on any atom is 0.323 e. The van der Waals surface area contributed by atoms with Crippen LogP contribution in [0.25, 0.3) is 10.8 Å². The lowest BCUT2D eigenvalue weighted by atomic mass is 9.68. The van der Waals surface area contributed by atoms with Gasteiger partial charge >= 0.3 is 6.03 Å². The van der Waals surface area contributed by atoms with Crippen LogP contribution in [0.15, 0.2) is 22.8 Å². The predicted molar refractivity (Wildman–Crippen MR) is 90.7 cm³/mol. The van der Waals surface area contributed by atoms with Crippen molar-refractivity contribution in [2.24, 2.45) is 17.8 Å². The zero-order chi connectivity index (χ0) is 16.1. The largest absolute Gasteiger partial charge is 0.462 e. The molecule has 0 aromatic carbocycles. The average Bonchev–Trinajstić information content (AvgIpc) is 3.19. The van der Waals surface area contributed by atoms with E-state index in [2.05, 4.69) is 20.4 Å². The van der Waals surface area contributed by atoms with Crippen LogP contribution in [0.2, 0.25) is 0 Å². The van der Waals surface area contributed by atoms with Crippen LogP contribution in [-0.4, -0.2) is 33.7 Å². The number of nitrogens with one attached hydrogen (secondary N) is 1. The summed E-state index contributed by atoms with van der Waals surface area (Å²) in [4.78, 5) is 14.9. The lowest BCUT2D eigenvalue weighted by molar-refractivity contribution is 0.136. The van der Waals surface area contributed by atoms with Crippen molar-refractivity contribution in [2.45, 2.75) is 38.1 Å². The predicted octanol–water partition coefficient (Wildman–Crippen LogP) is 3.84. The van der Waals surface area contributed by atoms with Gasteiger partial charge in [0.25, 0.3) is 0 Å².